The lowest BCUT2D eigenvalue weighted by Gasteiger charge is -2.35. The van der Waals surface area contributed by atoms with Crippen LogP contribution in [-0.4, -0.2) is 65.4 Å². The fraction of sp³-hybridized carbons (Fsp3) is 0.409. The lowest BCUT2D eigenvalue weighted by atomic mass is 10.0. The molecule has 1 aromatic carbocycles. The number of carbonyl (C=O) groups is 2. The van der Waals surface area contributed by atoms with Crippen LogP contribution in [0.15, 0.2) is 35.3 Å². The zero-order valence-corrected chi connectivity index (χ0v) is 17.2. The summed E-state index contributed by atoms with van der Waals surface area (Å²) in [5, 5.41) is 0. The van der Waals surface area contributed by atoms with Crippen molar-refractivity contribution in [1.29, 1.82) is 0 Å². The minimum atomic E-state index is -0.367. The second kappa shape index (κ2) is 7.64. The maximum Gasteiger partial charge on any atom is 0.410 e. The van der Waals surface area contributed by atoms with Crippen LogP contribution < -0.4 is 15.0 Å². The van der Waals surface area contributed by atoms with Crippen LogP contribution in [0.1, 0.15) is 28.8 Å². The molecule has 3 aliphatic rings. The molecule has 2 aromatic rings. The van der Waals surface area contributed by atoms with Crippen molar-refractivity contribution in [2.45, 2.75) is 25.8 Å². The minimum Gasteiger partial charge on any atom is -0.454 e. The Kier molecular flexibility index (Phi) is 4.80. The fourth-order valence-electron chi connectivity index (χ4n) is 4.40. The van der Waals surface area contributed by atoms with Gasteiger partial charge in [0.15, 0.2) is 11.5 Å². The van der Waals surface area contributed by atoms with Gasteiger partial charge in [0.2, 0.25) is 6.79 Å². The van der Waals surface area contributed by atoms with E-state index in [2.05, 4.69) is 0 Å². The van der Waals surface area contributed by atoms with Crippen LogP contribution in [0, 0.1) is 6.92 Å². The molecule has 9 heteroatoms. The van der Waals surface area contributed by atoms with Gasteiger partial charge in [0, 0.05) is 31.4 Å². The van der Waals surface area contributed by atoms with Crippen LogP contribution in [-0.2, 0) is 4.74 Å². The summed E-state index contributed by atoms with van der Waals surface area (Å²) in [4.78, 5) is 41.8. The summed E-state index contributed by atoms with van der Waals surface area (Å²) in [6.07, 6.45) is 2.72. The highest BCUT2D eigenvalue weighted by molar-refractivity contribution is 5.95. The lowest BCUT2D eigenvalue weighted by Crippen LogP contribution is -2.48. The number of carbonyl (C=O) groups excluding carboxylic acids is 2. The topological polar surface area (TPSA) is 90.3 Å². The quantitative estimate of drug-likeness (QED) is 0.747. The molecule has 0 N–H and O–H groups in total. The standard InChI is InChI=1S/C22H23N3O6/c1-14-4-9-24(16-2-3-17-18(12-16)31-13-30-17)21(27)19(14)20(26)23-7-5-15(6-8-23)25-10-11-29-22(25)28/h2-4,9,12,15H,5-8,10-11,13H2,1H3. The van der Waals surface area contributed by atoms with Gasteiger partial charge in [-0.05, 0) is 43.5 Å². The van der Waals surface area contributed by atoms with Crippen LogP contribution in [0.5, 0.6) is 11.5 Å². The Morgan fingerprint density at radius 3 is 2.52 bits per heavy atom. The van der Waals surface area contributed by atoms with Gasteiger partial charge in [-0.1, -0.05) is 0 Å². The Bertz CT molecular complexity index is 1100. The molecule has 9 nitrogen and oxygen atoms in total. The number of aromatic nitrogens is 1. The van der Waals surface area contributed by atoms with E-state index in [1.165, 1.54) is 4.57 Å². The molecule has 0 atom stereocenters. The van der Waals surface area contributed by atoms with Gasteiger partial charge in [0.25, 0.3) is 11.5 Å². The monoisotopic (exact) mass is 425 g/mol. The van der Waals surface area contributed by atoms with Crippen LogP contribution in [0.2, 0.25) is 0 Å². The Balaban J connectivity index is 1.38. The van der Waals surface area contributed by atoms with Gasteiger partial charge >= 0.3 is 6.09 Å². The van der Waals surface area contributed by atoms with Crippen LogP contribution in [0.4, 0.5) is 4.79 Å². The summed E-state index contributed by atoms with van der Waals surface area (Å²) in [7, 11) is 0. The van der Waals surface area contributed by atoms with Gasteiger partial charge in [-0.25, -0.2) is 4.79 Å². The van der Waals surface area contributed by atoms with Gasteiger partial charge in [-0.3, -0.25) is 14.2 Å². The maximum absolute atomic E-state index is 13.3. The van der Waals surface area contributed by atoms with Crippen LogP contribution >= 0.6 is 0 Å². The molecule has 0 unspecified atom stereocenters. The van der Waals surface area contributed by atoms with Crippen molar-refractivity contribution < 1.29 is 23.8 Å². The summed E-state index contributed by atoms with van der Waals surface area (Å²) >= 11 is 0. The molecule has 4 heterocycles. The molecule has 2 amide bonds. The predicted octanol–water partition coefficient (Wildman–Crippen LogP) is 1.93. The van der Waals surface area contributed by atoms with Crippen molar-refractivity contribution in [2.24, 2.45) is 0 Å². The number of cyclic esters (lactones) is 1. The molecule has 0 bridgehead atoms. The minimum absolute atomic E-state index is 0.0706. The molecule has 0 spiro atoms. The summed E-state index contributed by atoms with van der Waals surface area (Å²) in [5.41, 5.74) is 1.04. The number of hydrogen-bond acceptors (Lipinski definition) is 6. The van der Waals surface area contributed by atoms with Crippen molar-refractivity contribution >= 4 is 12.0 Å². The molecule has 31 heavy (non-hydrogen) atoms. The number of rotatable bonds is 3. The second-order valence-electron chi connectivity index (χ2n) is 7.92. The molecule has 162 valence electrons. The maximum atomic E-state index is 13.3. The lowest BCUT2D eigenvalue weighted by molar-refractivity contribution is 0.0656. The van der Waals surface area contributed by atoms with E-state index in [1.54, 1.807) is 47.2 Å². The van der Waals surface area contributed by atoms with Gasteiger partial charge in [0.05, 0.1) is 12.2 Å². The average molecular weight is 425 g/mol. The highest BCUT2D eigenvalue weighted by Gasteiger charge is 2.34. The van der Waals surface area contributed by atoms with Crippen molar-refractivity contribution in [3.8, 4) is 17.2 Å². The van der Waals surface area contributed by atoms with Crippen molar-refractivity contribution in [2.75, 3.05) is 33.0 Å². The molecule has 3 aliphatic heterocycles. The number of benzene rings is 1. The zero-order valence-electron chi connectivity index (χ0n) is 17.2. The fourth-order valence-corrected chi connectivity index (χ4v) is 4.40. The SMILES string of the molecule is Cc1ccn(-c2ccc3c(c2)OCO3)c(=O)c1C(=O)N1CCC(N2CCOC2=O)CC1. The Hall–Kier alpha value is -3.49. The van der Waals surface area contributed by atoms with Gasteiger partial charge in [-0.15, -0.1) is 0 Å². The van der Waals surface area contributed by atoms with E-state index in [4.69, 9.17) is 14.2 Å². The van der Waals surface area contributed by atoms with Crippen LogP contribution in [0.3, 0.4) is 0 Å². The number of hydrogen-bond donors (Lipinski definition) is 0. The number of likely N-dealkylation sites (tertiary alicyclic amines) is 1. The first-order chi connectivity index (χ1) is 15.0. The van der Waals surface area contributed by atoms with E-state index in [9.17, 15) is 14.4 Å². The molecule has 5 rings (SSSR count). The first-order valence-corrected chi connectivity index (χ1v) is 10.4. The number of amides is 2. The first-order valence-electron chi connectivity index (χ1n) is 10.4. The van der Waals surface area contributed by atoms with E-state index in [-0.39, 0.29) is 36.0 Å². The molecule has 2 fully saturated rings. The Morgan fingerprint density at radius 1 is 1.00 bits per heavy atom. The average Bonchev–Trinajstić information content (AvgIpc) is 3.42. The number of nitrogens with zero attached hydrogens (tertiary/aromatic N) is 3. The third-order valence-electron chi connectivity index (χ3n) is 6.13. The molecule has 0 saturated carbocycles. The molecule has 2 saturated heterocycles. The van der Waals surface area contributed by atoms with Gasteiger partial charge < -0.3 is 24.0 Å². The van der Waals surface area contributed by atoms with Gasteiger partial charge in [0.1, 0.15) is 12.2 Å². The zero-order chi connectivity index (χ0) is 21.5. The summed E-state index contributed by atoms with van der Waals surface area (Å²) in [6, 6.07) is 7.08. The van der Waals surface area contributed by atoms with Crippen molar-refractivity contribution in [3.05, 3.63) is 51.9 Å². The number of ether oxygens (including phenoxy) is 3. The normalized spacial score (nSPS) is 18.4. The highest BCUT2D eigenvalue weighted by atomic mass is 16.7. The summed E-state index contributed by atoms with van der Waals surface area (Å²) < 4.78 is 17.2. The van der Waals surface area contributed by atoms with E-state index in [1.807, 2.05) is 0 Å². The van der Waals surface area contributed by atoms with E-state index in [0.29, 0.717) is 61.8 Å². The molecular formula is C22H23N3O6. The molecular weight excluding hydrogens is 402 g/mol. The van der Waals surface area contributed by atoms with Gasteiger partial charge in [-0.2, -0.15) is 0 Å². The smallest absolute Gasteiger partial charge is 0.410 e. The number of pyridine rings is 1. The third-order valence-corrected chi connectivity index (χ3v) is 6.13. The predicted molar refractivity (Wildman–Crippen MR) is 110 cm³/mol. The second-order valence-corrected chi connectivity index (χ2v) is 7.92. The van der Waals surface area contributed by atoms with Crippen LogP contribution in [0.25, 0.3) is 5.69 Å². The molecule has 1 aromatic heterocycles. The Labute approximate surface area is 178 Å². The summed E-state index contributed by atoms with van der Waals surface area (Å²) in [5.74, 6) is 0.922. The summed E-state index contributed by atoms with van der Waals surface area (Å²) in [6.45, 7) is 3.91. The van der Waals surface area contributed by atoms with E-state index < -0.39 is 0 Å². The first kappa shape index (κ1) is 19.5. The molecule has 0 aliphatic carbocycles. The van der Waals surface area contributed by atoms with Crippen molar-refractivity contribution in [1.82, 2.24) is 14.4 Å². The molecule has 0 radical (unpaired) electrons. The van der Waals surface area contributed by atoms with E-state index in [0.717, 1.165) is 0 Å². The number of fused-ring (bicyclic) bond motifs is 1. The van der Waals surface area contributed by atoms with E-state index >= 15 is 0 Å². The third kappa shape index (κ3) is 3.39. The largest absolute Gasteiger partial charge is 0.454 e. The Morgan fingerprint density at radius 2 is 1.77 bits per heavy atom. The number of aryl methyl sites for hydroxylation is 1. The van der Waals surface area contributed by atoms with Crippen molar-refractivity contribution in [3.63, 3.8) is 0 Å². The highest BCUT2D eigenvalue weighted by Crippen LogP contribution is 2.33. The number of piperidine rings is 1.